The van der Waals surface area contributed by atoms with Gasteiger partial charge in [-0.15, -0.1) is 0 Å². The topological polar surface area (TPSA) is 101 Å². The molecule has 0 bridgehead atoms. The molecule has 0 aromatic carbocycles. The van der Waals surface area contributed by atoms with Crippen LogP contribution >= 0.6 is 0 Å². The lowest BCUT2D eigenvalue weighted by Gasteiger charge is -2.08. The van der Waals surface area contributed by atoms with Crippen molar-refractivity contribution in [3.63, 3.8) is 0 Å². The van der Waals surface area contributed by atoms with Crippen LogP contribution in [-0.2, 0) is 19.1 Å². The van der Waals surface area contributed by atoms with Crippen LogP contribution in [0.1, 0.15) is 12.8 Å². The minimum atomic E-state index is -1.17. The van der Waals surface area contributed by atoms with E-state index in [4.69, 9.17) is 10.2 Å². The summed E-state index contributed by atoms with van der Waals surface area (Å²) in [6.45, 7) is 0. The molecule has 15 heavy (non-hydrogen) atoms. The van der Waals surface area contributed by atoms with Crippen molar-refractivity contribution in [2.45, 2.75) is 12.8 Å². The maximum absolute atomic E-state index is 11.1. The summed E-state index contributed by atoms with van der Waals surface area (Å²) in [5.41, 5.74) is 0. The summed E-state index contributed by atoms with van der Waals surface area (Å²) >= 11 is 0. The number of esters is 1. The number of aliphatic carboxylic acids is 2. The first-order chi connectivity index (χ1) is 6.97. The van der Waals surface area contributed by atoms with Gasteiger partial charge in [0.15, 0.2) is 0 Å². The SMILES string of the molecule is COC(=O)C1CC(C(=O)O)C(C(=O)O)C1. The Balaban J connectivity index is 2.78. The van der Waals surface area contributed by atoms with Crippen LogP contribution in [-0.4, -0.2) is 35.2 Å². The molecule has 0 heterocycles. The Kier molecular flexibility index (Phi) is 3.28. The normalized spacial score (nSPS) is 29.8. The molecule has 0 aromatic heterocycles. The molecule has 1 fully saturated rings. The van der Waals surface area contributed by atoms with Crippen molar-refractivity contribution in [3.8, 4) is 0 Å². The van der Waals surface area contributed by atoms with Crippen molar-refractivity contribution in [1.29, 1.82) is 0 Å². The number of methoxy groups -OCH3 is 1. The third kappa shape index (κ3) is 2.26. The highest BCUT2D eigenvalue weighted by Crippen LogP contribution is 2.37. The van der Waals surface area contributed by atoms with E-state index in [1.165, 1.54) is 7.11 Å². The van der Waals surface area contributed by atoms with Gasteiger partial charge in [-0.3, -0.25) is 14.4 Å². The summed E-state index contributed by atoms with van der Waals surface area (Å²) in [4.78, 5) is 32.7. The molecule has 84 valence electrons. The Hall–Kier alpha value is -1.59. The molecule has 6 nitrogen and oxygen atoms in total. The number of hydrogen-bond donors (Lipinski definition) is 2. The maximum Gasteiger partial charge on any atom is 0.308 e. The number of ether oxygens (including phenoxy) is 1. The van der Waals surface area contributed by atoms with E-state index in [0.717, 1.165) is 0 Å². The average molecular weight is 216 g/mol. The summed E-state index contributed by atoms with van der Waals surface area (Å²) in [6.07, 6.45) is 0.0813. The van der Waals surface area contributed by atoms with Gasteiger partial charge in [-0.05, 0) is 12.8 Å². The van der Waals surface area contributed by atoms with Crippen LogP contribution < -0.4 is 0 Å². The van der Waals surface area contributed by atoms with Crippen LogP contribution in [0.2, 0.25) is 0 Å². The van der Waals surface area contributed by atoms with Crippen LogP contribution in [0.3, 0.4) is 0 Å². The molecule has 6 heteroatoms. The molecular formula is C9H12O6. The Morgan fingerprint density at radius 3 is 1.73 bits per heavy atom. The van der Waals surface area contributed by atoms with Gasteiger partial charge >= 0.3 is 17.9 Å². The Morgan fingerprint density at radius 2 is 1.47 bits per heavy atom. The lowest BCUT2D eigenvalue weighted by molar-refractivity contribution is -0.152. The van der Waals surface area contributed by atoms with Gasteiger partial charge in [-0.2, -0.15) is 0 Å². The van der Waals surface area contributed by atoms with Gasteiger partial charge in [-0.1, -0.05) is 0 Å². The molecule has 2 atom stereocenters. The summed E-state index contributed by atoms with van der Waals surface area (Å²) in [7, 11) is 1.20. The summed E-state index contributed by atoms with van der Waals surface area (Å²) < 4.78 is 4.47. The number of carboxylic acids is 2. The number of carboxylic acid groups (broad SMARTS) is 2. The molecule has 0 saturated heterocycles. The van der Waals surface area contributed by atoms with Gasteiger partial charge in [0.1, 0.15) is 0 Å². The number of carbonyl (C=O) groups excluding carboxylic acids is 1. The van der Waals surface area contributed by atoms with Gasteiger partial charge < -0.3 is 14.9 Å². The summed E-state index contributed by atoms with van der Waals surface area (Å²) in [5, 5.41) is 17.6. The van der Waals surface area contributed by atoms with E-state index in [-0.39, 0.29) is 12.8 Å². The molecule has 0 spiro atoms. The fourth-order valence-corrected chi connectivity index (χ4v) is 1.94. The Morgan fingerprint density at radius 1 is 1.07 bits per heavy atom. The second kappa shape index (κ2) is 4.29. The molecule has 2 N–H and O–H groups in total. The number of carbonyl (C=O) groups is 3. The first-order valence-electron chi connectivity index (χ1n) is 4.50. The van der Waals surface area contributed by atoms with E-state index in [1.807, 2.05) is 0 Å². The number of rotatable bonds is 3. The van der Waals surface area contributed by atoms with E-state index in [2.05, 4.69) is 4.74 Å². The van der Waals surface area contributed by atoms with Crippen LogP contribution in [0.25, 0.3) is 0 Å². The smallest absolute Gasteiger partial charge is 0.308 e. The fourth-order valence-electron chi connectivity index (χ4n) is 1.94. The minimum Gasteiger partial charge on any atom is -0.481 e. The zero-order valence-electron chi connectivity index (χ0n) is 8.17. The second-order valence-electron chi connectivity index (χ2n) is 3.58. The Labute approximate surface area is 85.8 Å². The van der Waals surface area contributed by atoms with Crippen LogP contribution in [0.15, 0.2) is 0 Å². The predicted molar refractivity (Wildman–Crippen MR) is 47.0 cm³/mol. The third-order valence-corrected chi connectivity index (χ3v) is 2.73. The van der Waals surface area contributed by atoms with Crippen molar-refractivity contribution in [1.82, 2.24) is 0 Å². The minimum absolute atomic E-state index is 0.0406. The first-order valence-corrected chi connectivity index (χ1v) is 4.50. The van der Waals surface area contributed by atoms with Crippen LogP contribution in [0, 0.1) is 17.8 Å². The van der Waals surface area contributed by atoms with E-state index in [1.54, 1.807) is 0 Å². The zero-order valence-corrected chi connectivity index (χ0v) is 8.17. The first kappa shape index (κ1) is 11.5. The van der Waals surface area contributed by atoms with E-state index >= 15 is 0 Å². The third-order valence-electron chi connectivity index (χ3n) is 2.73. The van der Waals surface area contributed by atoms with Crippen molar-refractivity contribution in [3.05, 3.63) is 0 Å². The molecular weight excluding hydrogens is 204 g/mol. The molecule has 1 saturated carbocycles. The van der Waals surface area contributed by atoms with E-state index in [9.17, 15) is 14.4 Å². The summed E-state index contributed by atoms with van der Waals surface area (Å²) in [6, 6.07) is 0. The average Bonchev–Trinajstić information content (AvgIpc) is 2.61. The van der Waals surface area contributed by atoms with Crippen LogP contribution in [0.4, 0.5) is 0 Å². The molecule has 1 rings (SSSR count). The number of hydrogen-bond acceptors (Lipinski definition) is 4. The monoisotopic (exact) mass is 216 g/mol. The standard InChI is InChI=1S/C9H12O6/c1-15-9(14)4-2-5(7(10)11)6(3-4)8(12)13/h4-6H,2-3H2,1H3,(H,10,11)(H,12,13). The van der Waals surface area contributed by atoms with Gasteiger partial charge in [0.05, 0.1) is 24.9 Å². The molecule has 1 aliphatic carbocycles. The van der Waals surface area contributed by atoms with Crippen molar-refractivity contribution >= 4 is 17.9 Å². The Bertz CT molecular complexity index is 275. The lowest BCUT2D eigenvalue weighted by Crippen LogP contribution is -2.24. The molecule has 2 unspecified atom stereocenters. The van der Waals surface area contributed by atoms with Gasteiger partial charge in [-0.25, -0.2) is 0 Å². The molecule has 0 radical (unpaired) electrons. The lowest BCUT2D eigenvalue weighted by atomic mass is 9.97. The quantitative estimate of drug-likeness (QED) is 0.642. The molecule has 1 aliphatic rings. The van der Waals surface area contributed by atoms with Crippen molar-refractivity contribution in [2.75, 3.05) is 7.11 Å². The zero-order chi connectivity index (χ0) is 11.6. The highest BCUT2D eigenvalue weighted by molar-refractivity contribution is 5.83. The largest absolute Gasteiger partial charge is 0.481 e. The maximum atomic E-state index is 11.1. The molecule has 0 amide bonds. The highest BCUT2D eigenvalue weighted by Gasteiger charge is 2.45. The van der Waals surface area contributed by atoms with Crippen molar-refractivity contribution in [2.24, 2.45) is 17.8 Å². The highest BCUT2D eigenvalue weighted by atomic mass is 16.5. The molecule has 0 aromatic rings. The second-order valence-corrected chi connectivity index (χ2v) is 3.58. The van der Waals surface area contributed by atoms with E-state index in [0.29, 0.717) is 0 Å². The van der Waals surface area contributed by atoms with Gasteiger partial charge in [0, 0.05) is 0 Å². The van der Waals surface area contributed by atoms with Gasteiger partial charge in [0.25, 0.3) is 0 Å². The van der Waals surface area contributed by atoms with Gasteiger partial charge in [0.2, 0.25) is 0 Å². The predicted octanol–water partition coefficient (Wildman–Crippen LogP) is -0.0290. The van der Waals surface area contributed by atoms with Crippen molar-refractivity contribution < 1.29 is 29.3 Å². The van der Waals surface area contributed by atoms with E-state index < -0.39 is 35.7 Å². The fraction of sp³-hybridized carbons (Fsp3) is 0.667. The molecule has 0 aliphatic heterocycles. The summed E-state index contributed by atoms with van der Waals surface area (Å²) in [5.74, 6) is -5.48. The van der Waals surface area contributed by atoms with Crippen LogP contribution in [0.5, 0.6) is 0 Å².